The van der Waals surface area contributed by atoms with Gasteiger partial charge in [-0.05, 0) is 6.42 Å². The lowest BCUT2D eigenvalue weighted by molar-refractivity contribution is 0.239. The maximum absolute atomic E-state index is 12.9. The van der Waals surface area contributed by atoms with Gasteiger partial charge in [0.05, 0.1) is 0 Å². The second-order valence-electron chi connectivity index (χ2n) is 3.87. The summed E-state index contributed by atoms with van der Waals surface area (Å²) in [5, 5.41) is 2.40. The molecular formula is C11H16FN3O3. The van der Waals surface area contributed by atoms with Gasteiger partial charge in [0.1, 0.15) is 0 Å². The molecule has 18 heavy (non-hydrogen) atoms. The normalized spacial score (nSPS) is 10.3. The summed E-state index contributed by atoms with van der Waals surface area (Å²) in [6.45, 7) is 2.41. The average molecular weight is 257 g/mol. The van der Waals surface area contributed by atoms with Gasteiger partial charge < -0.3 is 10.3 Å². The Kier molecular flexibility index (Phi) is 5.29. The first-order valence-electron chi connectivity index (χ1n) is 5.86. The largest absolute Gasteiger partial charge is 0.337 e. The fraction of sp³-hybridized carbons (Fsp3) is 0.545. The number of rotatable bonds is 5. The molecule has 0 spiro atoms. The predicted octanol–water partition coefficient (Wildman–Crippen LogP) is 0.814. The average Bonchev–Trinajstić information content (AvgIpc) is 2.34. The first-order chi connectivity index (χ1) is 8.57. The summed E-state index contributed by atoms with van der Waals surface area (Å²) in [6, 6.07) is -0.905. The van der Waals surface area contributed by atoms with Crippen molar-refractivity contribution in [1.82, 2.24) is 14.9 Å². The van der Waals surface area contributed by atoms with Gasteiger partial charge in [-0.3, -0.25) is 4.79 Å². The monoisotopic (exact) mass is 257 g/mol. The fourth-order valence-corrected chi connectivity index (χ4v) is 1.46. The van der Waals surface area contributed by atoms with Crippen molar-refractivity contribution in [3.63, 3.8) is 0 Å². The Morgan fingerprint density at radius 2 is 2.11 bits per heavy atom. The molecule has 2 N–H and O–H groups in total. The Labute approximate surface area is 103 Å². The number of nitrogens with one attached hydrogen (secondary N) is 2. The van der Waals surface area contributed by atoms with Crippen molar-refractivity contribution < 1.29 is 9.18 Å². The molecule has 0 saturated carbocycles. The van der Waals surface area contributed by atoms with Crippen LogP contribution >= 0.6 is 0 Å². The van der Waals surface area contributed by atoms with Gasteiger partial charge in [0.2, 0.25) is 5.82 Å². The fourth-order valence-electron chi connectivity index (χ4n) is 1.46. The Bertz CT molecular complexity index is 521. The number of hydrogen-bond acceptors (Lipinski definition) is 3. The van der Waals surface area contributed by atoms with Crippen molar-refractivity contribution in [3.8, 4) is 0 Å². The molecule has 0 saturated heterocycles. The molecule has 1 amide bonds. The van der Waals surface area contributed by atoms with E-state index < -0.39 is 23.1 Å². The summed E-state index contributed by atoms with van der Waals surface area (Å²) in [6.07, 6.45) is 4.45. The van der Waals surface area contributed by atoms with Gasteiger partial charge in [-0.1, -0.05) is 26.2 Å². The molecule has 0 aliphatic rings. The third kappa shape index (κ3) is 3.54. The number of unbranched alkanes of at least 4 members (excludes halogenated alkanes) is 3. The number of nitrogens with zero attached hydrogens (tertiary/aromatic N) is 1. The van der Waals surface area contributed by atoms with E-state index in [9.17, 15) is 18.8 Å². The SMILES string of the molecule is CCCCCCNC(=O)n1c(=O)[nH]cc(F)c1=O. The van der Waals surface area contributed by atoms with Crippen LogP contribution in [0.3, 0.4) is 0 Å². The Hall–Kier alpha value is -1.92. The quantitative estimate of drug-likeness (QED) is 0.766. The van der Waals surface area contributed by atoms with Crippen LogP contribution in [0.5, 0.6) is 0 Å². The van der Waals surface area contributed by atoms with E-state index in [-0.39, 0.29) is 4.57 Å². The van der Waals surface area contributed by atoms with E-state index >= 15 is 0 Å². The Morgan fingerprint density at radius 3 is 2.78 bits per heavy atom. The summed E-state index contributed by atoms with van der Waals surface area (Å²) in [5.41, 5.74) is -2.20. The van der Waals surface area contributed by atoms with E-state index in [2.05, 4.69) is 12.2 Å². The summed E-state index contributed by atoms with van der Waals surface area (Å²) < 4.78 is 13.1. The van der Waals surface area contributed by atoms with Crippen LogP contribution in [0.1, 0.15) is 32.6 Å². The number of hydrogen-bond donors (Lipinski definition) is 2. The van der Waals surface area contributed by atoms with Gasteiger partial charge in [-0.2, -0.15) is 8.96 Å². The van der Waals surface area contributed by atoms with Crippen LogP contribution in [0.2, 0.25) is 0 Å². The van der Waals surface area contributed by atoms with E-state index in [1.807, 2.05) is 4.98 Å². The van der Waals surface area contributed by atoms with Crippen molar-refractivity contribution >= 4 is 6.03 Å². The minimum Gasteiger partial charge on any atom is -0.337 e. The Balaban J connectivity index is 2.65. The zero-order chi connectivity index (χ0) is 13.5. The molecule has 0 aromatic carbocycles. The molecule has 1 rings (SSSR count). The molecule has 1 heterocycles. The van der Waals surface area contributed by atoms with E-state index in [0.29, 0.717) is 12.7 Å². The number of amides is 1. The maximum Gasteiger partial charge on any atom is 0.336 e. The standard InChI is InChI=1S/C11H16FN3O3/c1-2-3-4-5-6-13-10(17)15-9(16)8(12)7-14-11(15)18/h7H,2-6H2,1H3,(H,13,17)(H,14,18). The Morgan fingerprint density at radius 1 is 1.39 bits per heavy atom. The molecule has 0 aliphatic heterocycles. The number of aromatic amines is 1. The van der Waals surface area contributed by atoms with Crippen LogP contribution in [0.25, 0.3) is 0 Å². The first kappa shape index (κ1) is 14.1. The van der Waals surface area contributed by atoms with E-state index in [1.165, 1.54) is 0 Å². The minimum absolute atomic E-state index is 0.217. The highest BCUT2D eigenvalue weighted by atomic mass is 19.1. The number of H-pyrrole nitrogens is 1. The van der Waals surface area contributed by atoms with E-state index in [1.54, 1.807) is 0 Å². The molecule has 0 unspecified atom stereocenters. The number of carbonyl (C=O) groups is 1. The highest BCUT2D eigenvalue weighted by molar-refractivity contribution is 5.76. The van der Waals surface area contributed by atoms with Crippen molar-refractivity contribution in [3.05, 3.63) is 32.9 Å². The third-order valence-corrected chi connectivity index (χ3v) is 2.44. The summed E-state index contributed by atoms with van der Waals surface area (Å²) in [7, 11) is 0. The molecule has 0 bridgehead atoms. The van der Waals surface area contributed by atoms with Gasteiger partial charge in [-0.15, -0.1) is 0 Å². The van der Waals surface area contributed by atoms with Crippen molar-refractivity contribution in [2.24, 2.45) is 0 Å². The molecule has 1 aromatic rings. The second kappa shape index (κ2) is 6.73. The minimum atomic E-state index is -1.25. The number of aromatic nitrogens is 2. The second-order valence-corrected chi connectivity index (χ2v) is 3.87. The smallest absolute Gasteiger partial charge is 0.336 e. The van der Waals surface area contributed by atoms with Crippen molar-refractivity contribution in [1.29, 1.82) is 0 Å². The molecule has 1 aromatic heterocycles. The summed E-state index contributed by atoms with van der Waals surface area (Å²) in [4.78, 5) is 36.0. The predicted molar refractivity (Wildman–Crippen MR) is 64.2 cm³/mol. The van der Waals surface area contributed by atoms with E-state index in [4.69, 9.17) is 0 Å². The summed E-state index contributed by atoms with van der Waals surface area (Å²) >= 11 is 0. The lowest BCUT2D eigenvalue weighted by Crippen LogP contribution is -2.46. The van der Waals surface area contributed by atoms with Gasteiger partial charge in [0, 0.05) is 12.7 Å². The van der Waals surface area contributed by atoms with Crippen LogP contribution < -0.4 is 16.6 Å². The van der Waals surface area contributed by atoms with Crippen LogP contribution in [0.4, 0.5) is 9.18 Å². The van der Waals surface area contributed by atoms with Crippen LogP contribution in [-0.4, -0.2) is 22.1 Å². The van der Waals surface area contributed by atoms with E-state index in [0.717, 1.165) is 25.7 Å². The van der Waals surface area contributed by atoms with Gasteiger partial charge in [-0.25, -0.2) is 9.59 Å². The molecule has 0 atom stereocenters. The molecule has 0 radical (unpaired) electrons. The van der Waals surface area contributed by atoms with Gasteiger partial charge in [0.15, 0.2) is 0 Å². The first-order valence-corrected chi connectivity index (χ1v) is 5.86. The maximum atomic E-state index is 12.9. The number of carbonyl (C=O) groups excluding carboxylic acids is 1. The van der Waals surface area contributed by atoms with Crippen LogP contribution in [0, 0.1) is 5.82 Å². The molecule has 0 fully saturated rings. The molecule has 100 valence electrons. The lowest BCUT2D eigenvalue weighted by atomic mass is 10.2. The highest BCUT2D eigenvalue weighted by Gasteiger charge is 2.13. The zero-order valence-corrected chi connectivity index (χ0v) is 10.2. The van der Waals surface area contributed by atoms with Crippen molar-refractivity contribution in [2.45, 2.75) is 32.6 Å². The molecular weight excluding hydrogens is 241 g/mol. The molecule has 0 aliphatic carbocycles. The highest BCUT2D eigenvalue weighted by Crippen LogP contribution is 1.96. The van der Waals surface area contributed by atoms with Gasteiger partial charge in [0.25, 0.3) is 0 Å². The van der Waals surface area contributed by atoms with Crippen LogP contribution in [0.15, 0.2) is 15.8 Å². The molecule has 6 nitrogen and oxygen atoms in total. The third-order valence-electron chi connectivity index (χ3n) is 2.44. The molecule has 7 heteroatoms. The lowest BCUT2D eigenvalue weighted by Gasteiger charge is -2.05. The van der Waals surface area contributed by atoms with Gasteiger partial charge >= 0.3 is 17.3 Å². The van der Waals surface area contributed by atoms with Crippen LogP contribution in [-0.2, 0) is 0 Å². The number of halogens is 1. The summed E-state index contributed by atoms with van der Waals surface area (Å²) in [5.74, 6) is -1.17. The zero-order valence-electron chi connectivity index (χ0n) is 10.2. The van der Waals surface area contributed by atoms with Crippen molar-refractivity contribution in [2.75, 3.05) is 6.54 Å². The topological polar surface area (TPSA) is 84.0 Å².